The van der Waals surface area contributed by atoms with Crippen molar-refractivity contribution in [1.82, 2.24) is 0 Å². The van der Waals surface area contributed by atoms with Gasteiger partial charge in [-0.05, 0) is 0 Å². The van der Waals surface area contributed by atoms with Gasteiger partial charge in [0, 0.05) is 0 Å². The Bertz CT molecular complexity index is 8.85. The predicted molar refractivity (Wildman–Crippen MR) is 15.2 cm³/mol. The maximum atomic E-state index is 9.30. The van der Waals surface area contributed by atoms with E-state index in [2.05, 4.69) is 0 Å². The van der Waals surface area contributed by atoms with Crippen LogP contribution in [0.5, 0.6) is 0 Å². The van der Waals surface area contributed by atoms with Gasteiger partial charge in [0.25, 0.3) is 0 Å². The van der Waals surface area contributed by atoms with Gasteiger partial charge >= 0.3 is 29.6 Å². The van der Waals surface area contributed by atoms with Crippen molar-refractivity contribution in [2.24, 2.45) is 0 Å². The van der Waals surface area contributed by atoms with Crippen LogP contribution in [-0.4, -0.2) is 6.61 Å². The molecule has 0 unspecified atom stereocenters. The van der Waals surface area contributed by atoms with Crippen molar-refractivity contribution in [2.75, 3.05) is 6.61 Å². The SMILES string of the molecule is CCC[O-].[Na+]. The molecule has 0 amide bonds. The topological polar surface area (TPSA) is 23.1 Å². The van der Waals surface area contributed by atoms with E-state index < -0.39 is 0 Å². The van der Waals surface area contributed by atoms with Crippen molar-refractivity contribution in [3.05, 3.63) is 0 Å². The third kappa shape index (κ3) is 11.3. The summed E-state index contributed by atoms with van der Waals surface area (Å²) in [4.78, 5) is 0. The summed E-state index contributed by atoms with van der Waals surface area (Å²) in [5, 5.41) is 9.30. The van der Waals surface area contributed by atoms with Gasteiger partial charge in [0.2, 0.25) is 0 Å². The molecule has 2 heteroatoms. The van der Waals surface area contributed by atoms with Crippen LogP contribution in [0.4, 0.5) is 0 Å². The molecule has 0 radical (unpaired) electrons. The minimum atomic E-state index is 0. The third-order valence-electron chi connectivity index (χ3n) is 0.204. The average molecular weight is 82.1 g/mol. The molecule has 0 aromatic heterocycles. The normalized spacial score (nSPS) is 6.00. The summed E-state index contributed by atoms with van der Waals surface area (Å²) < 4.78 is 0. The summed E-state index contributed by atoms with van der Waals surface area (Å²) in [6.45, 7) is 1.94. The van der Waals surface area contributed by atoms with Crippen LogP contribution >= 0.6 is 0 Å². The van der Waals surface area contributed by atoms with Crippen molar-refractivity contribution < 1.29 is 34.7 Å². The Balaban J connectivity index is 0. The summed E-state index contributed by atoms with van der Waals surface area (Å²) in [6, 6.07) is 0. The average Bonchev–Trinajstić information content (AvgIpc) is 1.37. The molecule has 0 bridgehead atoms. The van der Waals surface area contributed by atoms with Crippen molar-refractivity contribution in [1.29, 1.82) is 0 Å². The summed E-state index contributed by atoms with van der Waals surface area (Å²) in [5.41, 5.74) is 0. The van der Waals surface area contributed by atoms with Gasteiger partial charge in [-0.3, -0.25) is 0 Å². The molecule has 5 heavy (non-hydrogen) atoms. The van der Waals surface area contributed by atoms with E-state index >= 15 is 0 Å². The second kappa shape index (κ2) is 8.88. The Morgan fingerprint density at radius 2 is 1.80 bits per heavy atom. The molecule has 0 aromatic rings. The fourth-order valence-electron chi connectivity index (χ4n) is 0. The molecule has 0 heterocycles. The quantitative estimate of drug-likeness (QED) is 0.305. The Morgan fingerprint density at radius 1 is 1.60 bits per heavy atom. The molecule has 0 fully saturated rings. The number of hydrogen-bond donors (Lipinski definition) is 0. The monoisotopic (exact) mass is 82.0 g/mol. The van der Waals surface area contributed by atoms with Gasteiger partial charge in [0.15, 0.2) is 0 Å². The van der Waals surface area contributed by atoms with Crippen LogP contribution in [0.15, 0.2) is 0 Å². The maximum Gasteiger partial charge on any atom is 1.00 e. The molecule has 0 atom stereocenters. The summed E-state index contributed by atoms with van der Waals surface area (Å²) >= 11 is 0. The van der Waals surface area contributed by atoms with Gasteiger partial charge in [-0.15, -0.1) is 6.61 Å². The molecule has 0 aliphatic carbocycles. The van der Waals surface area contributed by atoms with Gasteiger partial charge in [-0.2, -0.15) is 0 Å². The molecule has 0 aliphatic rings. The second-order valence-electron chi connectivity index (χ2n) is 0.704. The zero-order valence-corrected chi connectivity index (χ0v) is 5.82. The third-order valence-corrected chi connectivity index (χ3v) is 0.204. The van der Waals surface area contributed by atoms with Gasteiger partial charge in [0.1, 0.15) is 0 Å². The van der Waals surface area contributed by atoms with Gasteiger partial charge in [-0.25, -0.2) is 0 Å². The van der Waals surface area contributed by atoms with E-state index in [1.165, 1.54) is 0 Å². The standard InChI is InChI=1S/C3H7O.Na/c1-2-3-4;/h2-3H2,1H3;/q-1;+1. The van der Waals surface area contributed by atoms with Crippen LogP contribution in [0.2, 0.25) is 0 Å². The van der Waals surface area contributed by atoms with E-state index in [1.54, 1.807) is 0 Å². The predicted octanol–water partition coefficient (Wildman–Crippen LogP) is -3.24. The summed E-state index contributed by atoms with van der Waals surface area (Å²) in [5.74, 6) is 0. The smallest absolute Gasteiger partial charge is 0.854 e. The van der Waals surface area contributed by atoms with Crippen molar-refractivity contribution in [3.8, 4) is 0 Å². The van der Waals surface area contributed by atoms with Crippen molar-refractivity contribution in [2.45, 2.75) is 13.3 Å². The Labute approximate surface area is 54.7 Å². The first kappa shape index (κ1) is 9.35. The van der Waals surface area contributed by atoms with Crippen LogP contribution in [0.25, 0.3) is 0 Å². The largest absolute Gasteiger partial charge is 1.00 e. The molecule has 1 nitrogen and oxygen atoms in total. The molecule has 0 saturated heterocycles. The summed E-state index contributed by atoms with van der Waals surface area (Å²) in [6.07, 6.45) is 0.764. The molecular weight excluding hydrogens is 75.0 g/mol. The Hall–Kier alpha value is 0.960. The second-order valence-corrected chi connectivity index (χ2v) is 0.704. The van der Waals surface area contributed by atoms with Gasteiger partial charge < -0.3 is 5.11 Å². The first-order chi connectivity index (χ1) is 1.91. The molecule has 0 N–H and O–H groups in total. The van der Waals surface area contributed by atoms with E-state index in [0.29, 0.717) is 0 Å². The van der Waals surface area contributed by atoms with Crippen LogP contribution in [0.3, 0.4) is 0 Å². The fourth-order valence-corrected chi connectivity index (χ4v) is 0. The molecule has 26 valence electrons. The van der Waals surface area contributed by atoms with Crippen molar-refractivity contribution >= 4 is 0 Å². The molecule has 0 saturated carbocycles. The molecule has 0 spiro atoms. The van der Waals surface area contributed by atoms with Crippen molar-refractivity contribution in [3.63, 3.8) is 0 Å². The molecule has 0 aliphatic heterocycles. The van der Waals surface area contributed by atoms with E-state index in [0.717, 1.165) is 6.42 Å². The zero-order valence-electron chi connectivity index (χ0n) is 3.82. The van der Waals surface area contributed by atoms with Crippen LogP contribution in [0.1, 0.15) is 13.3 Å². The molecular formula is C3H7NaO. The Kier molecular flexibility index (Phi) is 16.6. The van der Waals surface area contributed by atoms with Crippen LogP contribution in [-0.2, 0) is 0 Å². The number of hydrogen-bond acceptors (Lipinski definition) is 1. The summed E-state index contributed by atoms with van der Waals surface area (Å²) in [7, 11) is 0. The minimum absolute atomic E-state index is 0. The van der Waals surface area contributed by atoms with Crippen LogP contribution < -0.4 is 34.7 Å². The van der Waals surface area contributed by atoms with Gasteiger partial charge in [0.05, 0.1) is 0 Å². The zero-order chi connectivity index (χ0) is 3.41. The number of rotatable bonds is 1. The minimum Gasteiger partial charge on any atom is -0.854 e. The van der Waals surface area contributed by atoms with Crippen LogP contribution in [0, 0.1) is 0 Å². The van der Waals surface area contributed by atoms with E-state index in [1.807, 2.05) is 6.92 Å². The molecule has 0 aromatic carbocycles. The Morgan fingerprint density at radius 3 is 1.80 bits per heavy atom. The first-order valence-corrected chi connectivity index (χ1v) is 1.50. The van der Waals surface area contributed by atoms with E-state index in [4.69, 9.17) is 0 Å². The molecule has 0 rings (SSSR count). The van der Waals surface area contributed by atoms with E-state index in [9.17, 15) is 5.11 Å². The van der Waals surface area contributed by atoms with E-state index in [-0.39, 0.29) is 36.2 Å². The maximum absolute atomic E-state index is 9.30. The fraction of sp³-hybridized carbons (Fsp3) is 1.00. The first-order valence-electron chi connectivity index (χ1n) is 1.50. The van der Waals surface area contributed by atoms with Gasteiger partial charge in [-0.1, -0.05) is 13.3 Å².